The van der Waals surface area contributed by atoms with Crippen molar-refractivity contribution >= 4 is 27.0 Å². The number of benzene rings is 3. The third-order valence-electron chi connectivity index (χ3n) is 11.1. The molecule has 2 aliphatic heterocycles. The van der Waals surface area contributed by atoms with Gasteiger partial charge in [0, 0.05) is 6.61 Å². The summed E-state index contributed by atoms with van der Waals surface area (Å²) in [5.41, 5.74) is 1.04. The van der Waals surface area contributed by atoms with Crippen LogP contribution in [0.5, 0.6) is 5.75 Å². The number of hydrogen-bond acceptors (Lipinski definition) is 7. The first-order chi connectivity index (χ1) is 24.7. The zero-order valence-corrected chi connectivity index (χ0v) is 34.8. The zero-order valence-electron chi connectivity index (χ0n) is 32.8. The normalized spacial score (nSPS) is 24.3. The Morgan fingerprint density at radius 1 is 0.788 bits per heavy atom. The molecule has 3 aromatic carbocycles. The molecule has 5 rings (SSSR count). The van der Waals surface area contributed by atoms with Crippen LogP contribution in [0.3, 0.4) is 0 Å². The fourth-order valence-electron chi connectivity index (χ4n) is 7.31. The van der Waals surface area contributed by atoms with Crippen LogP contribution in [0.4, 0.5) is 0 Å². The third kappa shape index (κ3) is 9.18. The number of aliphatic hydroxyl groups is 1. The molecule has 1 N–H and O–H groups in total. The second-order valence-corrected chi connectivity index (χ2v) is 25.9. The van der Waals surface area contributed by atoms with Crippen LogP contribution in [0, 0.1) is 0 Å². The van der Waals surface area contributed by atoms with Crippen molar-refractivity contribution in [2.75, 3.05) is 20.3 Å². The lowest BCUT2D eigenvalue weighted by Gasteiger charge is -2.50. The van der Waals surface area contributed by atoms with Gasteiger partial charge in [0.1, 0.15) is 24.1 Å². The van der Waals surface area contributed by atoms with Gasteiger partial charge >= 0.3 is 0 Å². The maximum atomic E-state index is 9.88. The first-order valence-corrected chi connectivity index (χ1v) is 23.8. The Kier molecular flexibility index (Phi) is 13.5. The van der Waals surface area contributed by atoms with Gasteiger partial charge in [0.25, 0.3) is 8.32 Å². The van der Waals surface area contributed by atoms with Crippen LogP contribution in [-0.4, -0.2) is 78.7 Å². The highest BCUT2D eigenvalue weighted by molar-refractivity contribution is 6.99. The molecule has 0 unspecified atom stereocenters. The minimum absolute atomic E-state index is 0.0311. The molecule has 0 bridgehead atoms. The molecule has 1 saturated heterocycles. The molecule has 0 spiro atoms. The van der Waals surface area contributed by atoms with Gasteiger partial charge in [-0.05, 0) is 70.5 Å². The minimum Gasteiger partial charge on any atom is -0.497 e. The monoisotopic (exact) mass is 746 g/mol. The van der Waals surface area contributed by atoms with Crippen LogP contribution in [0.25, 0.3) is 0 Å². The molecular weight excluding hydrogens is 685 g/mol. The van der Waals surface area contributed by atoms with Gasteiger partial charge in [-0.25, -0.2) is 0 Å². The van der Waals surface area contributed by atoms with Gasteiger partial charge in [-0.1, -0.05) is 126 Å². The average Bonchev–Trinajstić information content (AvgIpc) is 3.32. The fourth-order valence-corrected chi connectivity index (χ4v) is 13.2. The topological polar surface area (TPSA) is 75.6 Å². The summed E-state index contributed by atoms with van der Waals surface area (Å²) in [4.78, 5) is 0. The van der Waals surface area contributed by atoms with Crippen LogP contribution in [0.15, 0.2) is 97.1 Å². The molecule has 6 atom stereocenters. The average molecular weight is 747 g/mol. The summed E-state index contributed by atoms with van der Waals surface area (Å²) < 4.78 is 41.0. The number of aliphatic hydroxyl groups excluding tert-OH is 1. The number of rotatable bonds is 14. The molecule has 0 amide bonds. The van der Waals surface area contributed by atoms with Crippen molar-refractivity contribution in [2.45, 2.75) is 127 Å². The first-order valence-electron chi connectivity index (χ1n) is 19.0. The molecule has 1 fully saturated rings. The van der Waals surface area contributed by atoms with Crippen molar-refractivity contribution in [1.82, 2.24) is 0 Å². The van der Waals surface area contributed by atoms with Crippen molar-refractivity contribution in [2.24, 2.45) is 0 Å². The second-order valence-electron chi connectivity index (χ2n) is 16.8. The second kappa shape index (κ2) is 17.2. The van der Waals surface area contributed by atoms with E-state index in [-0.39, 0.29) is 47.2 Å². The SMILES string of the molecule is COc1ccc(CO[C@H]2[C@H](O[Si](C)(C)C(C)(C)C)[C@H]3O[C@@H](CO[Si](c4ccccc4)(c4ccccc4)C(C)(C)C)C=CC[C@@H]3O[C@@H]2CCCO)cc1. The molecule has 0 aliphatic carbocycles. The molecule has 3 aromatic rings. The van der Waals surface area contributed by atoms with E-state index in [1.807, 2.05) is 24.3 Å². The lowest BCUT2D eigenvalue weighted by atomic mass is 9.91. The predicted molar refractivity (Wildman–Crippen MR) is 215 cm³/mol. The van der Waals surface area contributed by atoms with E-state index >= 15 is 0 Å². The fraction of sp³-hybridized carbons (Fsp3) is 0.535. The van der Waals surface area contributed by atoms with Gasteiger partial charge < -0.3 is 32.9 Å². The van der Waals surface area contributed by atoms with Gasteiger partial charge in [-0.2, -0.15) is 0 Å². The predicted octanol–water partition coefficient (Wildman–Crippen LogP) is 7.80. The van der Waals surface area contributed by atoms with E-state index in [0.29, 0.717) is 32.5 Å². The van der Waals surface area contributed by atoms with E-state index in [9.17, 15) is 5.11 Å². The molecule has 0 radical (unpaired) electrons. The first kappa shape index (κ1) is 40.6. The van der Waals surface area contributed by atoms with Crippen LogP contribution in [-0.2, 0) is 29.7 Å². The van der Waals surface area contributed by atoms with Gasteiger partial charge in [-0.15, -0.1) is 0 Å². The molecule has 0 saturated carbocycles. The van der Waals surface area contributed by atoms with Crippen LogP contribution < -0.4 is 15.1 Å². The Bertz CT molecular complexity index is 1510. The lowest BCUT2D eigenvalue weighted by molar-refractivity contribution is -0.250. The Labute approximate surface area is 314 Å². The van der Waals surface area contributed by atoms with E-state index in [0.717, 1.165) is 11.3 Å². The standard InChI is InChI=1S/C43H62O7Si2/c1-42(2,3)51(8,9)50-41-39(46-30-32-25-27-33(45-7)28-26-32)37(24-17-29-44)49-38-23-16-18-34(48-40(38)41)31-47-52(43(4,5)6,35-19-12-10-13-20-35)36-21-14-11-15-22-36/h10-16,18-22,25-28,34,37-41,44H,17,23-24,29-31H2,1-9H3/t34-,37-,38+,39-,40+,41+/m1/s1. The summed E-state index contributed by atoms with van der Waals surface area (Å²) in [6, 6.07) is 29.5. The van der Waals surface area contributed by atoms with Crippen molar-refractivity contribution in [3.8, 4) is 5.75 Å². The van der Waals surface area contributed by atoms with Crippen molar-refractivity contribution in [3.63, 3.8) is 0 Å². The largest absolute Gasteiger partial charge is 0.497 e. The highest BCUT2D eigenvalue weighted by Gasteiger charge is 2.54. The molecule has 284 valence electrons. The Morgan fingerprint density at radius 3 is 1.94 bits per heavy atom. The summed E-state index contributed by atoms with van der Waals surface area (Å²) in [6.45, 7) is 19.2. The van der Waals surface area contributed by atoms with E-state index in [1.54, 1.807) is 7.11 Å². The zero-order chi connectivity index (χ0) is 37.6. The van der Waals surface area contributed by atoms with Gasteiger partial charge in [-0.3, -0.25) is 0 Å². The maximum absolute atomic E-state index is 9.88. The van der Waals surface area contributed by atoms with Gasteiger partial charge in [0.05, 0.1) is 38.6 Å². The van der Waals surface area contributed by atoms with Crippen LogP contribution in [0.2, 0.25) is 23.2 Å². The van der Waals surface area contributed by atoms with E-state index in [4.69, 9.17) is 27.8 Å². The molecular formula is C43H62O7Si2. The van der Waals surface area contributed by atoms with Crippen LogP contribution >= 0.6 is 0 Å². The summed E-state index contributed by atoms with van der Waals surface area (Å²) in [5, 5.41) is 12.2. The summed E-state index contributed by atoms with van der Waals surface area (Å²) in [5.74, 6) is 0.804. The molecule has 0 aromatic heterocycles. The smallest absolute Gasteiger partial charge is 0.261 e. The van der Waals surface area contributed by atoms with Crippen molar-refractivity contribution < 1.29 is 32.9 Å². The molecule has 9 heteroatoms. The Morgan fingerprint density at radius 2 is 1.40 bits per heavy atom. The quantitative estimate of drug-likeness (QED) is 0.133. The van der Waals surface area contributed by atoms with Gasteiger partial charge in [0.15, 0.2) is 8.32 Å². The highest BCUT2D eigenvalue weighted by Crippen LogP contribution is 2.43. The molecule has 52 heavy (non-hydrogen) atoms. The molecule has 7 nitrogen and oxygen atoms in total. The summed E-state index contributed by atoms with van der Waals surface area (Å²) >= 11 is 0. The number of fused-ring (bicyclic) bond motifs is 1. The van der Waals surface area contributed by atoms with E-state index in [2.05, 4.69) is 127 Å². The molecule has 2 aliphatic rings. The highest BCUT2D eigenvalue weighted by atomic mass is 28.4. The maximum Gasteiger partial charge on any atom is 0.261 e. The summed E-state index contributed by atoms with van der Waals surface area (Å²) in [6.07, 6.45) is 4.34. The Balaban J connectivity index is 1.49. The van der Waals surface area contributed by atoms with Gasteiger partial charge in [0.2, 0.25) is 0 Å². The number of ether oxygens (including phenoxy) is 4. The number of hydrogen-bond donors (Lipinski definition) is 1. The van der Waals surface area contributed by atoms with E-state index < -0.39 is 22.7 Å². The van der Waals surface area contributed by atoms with Crippen LogP contribution in [0.1, 0.15) is 66.4 Å². The lowest BCUT2D eigenvalue weighted by Crippen LogP contribution is -2.67. The summed E-state index contributed by atoms with van der Waals surface area (Å²) in [7, 11) is -3.44. The number of methoxy groups -OCH3 is 1. The molecule has 2 heterocycles. The third-order valence-corrected chi connectivity index (χ3v) is 20.6. The Hall–Kier alpha value is -2.61. The van der Waals surface area contributed by atoms with E-state index in [1.165, 1.54) is 10.4 Å². The van der Waals surface area contributed by atoms with Crippen molar-refractivity contribution in [1.29, 1.82) is 0 Å². The minimum atomic E-state index is -2.80. The van der Waals surface area contributed by atoms with Crippen molar-refractivity contribution in [3.05, 3.63) is 103 Å².